The SMILES string of the molecule is Nc1ncc(Sc2ccc(Cl)cc2)c(N[C@H]2CC[C@H](CO)C2)n1. The third-order valence-electron chi connectivity index (χ3n) is 3.96. The van der Waals surface area contributed by atoms with Gasteiger partial charge in [-0.1, -0.05) is 23.4 Å². The first-order chi connectivity index (χ1) is 11.1. The lowest BCUT2D eigenvalue weighted by atomic mass is 10.1. The highest BCUT2D eigenvalue weighted by atomic mass is 35.5. The van der Waals surface area contributed by atoms with E-state index in [-0.39, 0.29) is 12.6 Å². The fourth-order valence-corrected chi connectivity index (χ4v) is 3.72. The van der Waals surface area contributed by atoms with E-state index in [0.717, 1.165) is 34.9 Å². The van der Waals surface area contributed by atoms with E-state index in [1.807, 2.05) is 24.3 Å². The van der Waals surface area contributed by atoms with Gasteiger partial charge < -0.3 is 16.2 Å². The van der Waals surface area contributed by atoms with Crippen LogP contribution in [0, 0.1) is 5.92 Å². The Morgan fingerprint density at radius 1 is 1.30 bits per heavy atom. The number of hydrogen-bond acceptors (Lipinski definition) is 6. The van der Waals surface area contributed by atoms with Crippen LogP contribution >= 0.6 is 23.4 Å². The highest BCUT2D eigenvalue weighted by Crippen LogP contribution is 2.35. The van der Waals surface area contributed by atoms with Crippen LogP contribution in [0.15, 0.2) is 40.3 Å². The molecule has 1 fully saturated rings. The third-order valence-corrected chi connectivity index (χ3v) is 5.23. The van der Waals surface area contributed by atoms with Gasteiger partial charge in [0, 0.05) is 28.8 Å². The Hall–Kier alpha value is -1.50. The zero-order valence-corrected chi connectivity index (χ0v) is 14.1. The summed E-state index contributed by atoms with van der Waals surface area (Å²) in [7, 11) is 0. The molecular formula is C16H19ClN4OS. The number of aliphatic hydroxyl groups excluding tert-OH is 1. The average Bonchev–Trinajstić information content (AvgIpc) is 3.00. The maximum absolute atomic E-state index is 9.28. The highest BCUT2D eigenvalue weighted by Gasteiger charge is 2.25. The van der Waals surface area contributed by atoms with Gasteiger partial charge in [-0.25, -0.2) is 4.98 Å². The molecule has 4 N–H and O–H groups in total. The van der Waals surface area contributed by atoms with E-state index < -0.39 is 0 Å². The fraction of sp³-hybridized carbons (Fsp3) is 0.375. The molecule has 23 heavy (non-hydrogen) atoms. The molecule has 1 saturated carbocycles. The summed E-state index contributed by atoms with van der Waals surface area (Å²) in [5.41, 5.74) is 5.74. The number of nitrogens with two attached hydrogens (primary N) is 1. The van der Waals surface area contributed by atoms with Gasteiger partial charge in [-0.15, -0.1) is 0 Å². The molecule has 0 unspecified atom stereocenters. The molecule has 122 valence electrons. The van der Waals surface area contributed by atoms with Gasteiger partial charge in [0.15, 0.2) is 0 Å². The minimum atomic E-state index is 0.247. The number of nitrogens with zero attached hydrogens (tertiary/aromatic N) is 2. The summed E-state index contributed by atoms with van der Waals surface area (Å²) >= 11 is 7.49. The Bertz CT molecular complexity index is 668. The van der Waals surface area contributed by atoms with Crippen LogP contribution in [-0.2, 0) is 0 Å². The topological polar surface area (TPSA) is 84.1 Å². The van der Waals surface area contributed by atoms with Crippen molar-refractivity contribution in [3.63, 3.8) is 0 Å². The van der Waals surface area contributed by atoms with Gasteiger partial charge in [-0.05, 0) is 49.4 Å². The summed E-state index contributed by atoms with van der Waals surface area (Å²) in [5.74, 6) is 1.38. The fourth-order valence-electron chi connectivity index (χ4n) is 2.76. The first-order valence-electron chi connectivity index (χ1n) is 7.57. The Morgan fingerprint density at radius 2 is 2.09 bits per heavy atom. The highest BCUT2D eigenvalue weighted by molar-refractivity contribution is 7.99. The number of halogens is 1. The Kier molecular flexibility index (Phi) is 5.25. The van der Waals surface area contributed by atoms with E-state index in [4.69, 9.17) is 17.3 Å². The summed E-state index contributed by atoms with van der Waals surface area (Å²) < 4.78 is 0. The van der Waals surface area contributed by atoms with Crippen molar-refractivity contribution in [2.24, 2.45) is 5.92 Å². The molecule has 0 radical (unpaired) electrons. The van der Waals surface area contributed by atoms with Crippen LogP contribution in [-0.4, -0.2) is 27.7 Å². The normalized spacial score (nSPS) is 20.6. The van der Waals surface area contributed by atoms with Gasteiger partial charge >= 0.3 is 0 Å². The van der Waals surface area contributed by atoms with Crippen molar-refractivity contribution in [2.45, 2.75) is 35.1 Å². The van der Waals surface area contributed by atoms with Crippen molar-refractivity contribution >= 4 is 35.1 Å². The smallest absolute Gasteiger partial charge is 0.221 e. The molecule has 2 atom stereocenters. The van der Waals surface area contributed by atoms with E-state index in [1.54, 1.807) is 18.0 Å². The van der Waals surface area contributed by atoms with E-state index in [9.17, 15) is 5.11 Å². The number of aromatic nitrogens is 2. The van der Waals surface area contributed by atoms with E-state index in [2.05, 4.69) is 15.3 Å². The second-order valence-electron chi connectivity index (χ2n) is 5.70. The summed E-state index contributed by atoms with van der Waals surface area (Å²) in [6.07, 6.45) is 4.75. The maximum atomic E-state index is 9.28. The van der Waals surface area contributed by atoms with Crippen molar-refractivity contribution in [2.75, 3.05) is 17.7 Å². The third kappa shape index (κ3) is 4.28. The lowest BCUT2D eigenvalue weighted by Crippen LogP contribution is -2.18. The van der Waals surface area contributed by atoms with Crippen molar-refractivity contribution in [1.82, 2.24) is 9.97 Å². The Balaban J connectivity index is 1.76. The number of nitrogens with one attached hydrogen (secondary N) is 1. The molecule has 0 aliphatic heterocycles. The molecule has 1 aromatic heterocycles. The zero-order valence-electron chi connectivity index (χ0n) is 12.6. The molecule has 1 aliphatic carbocycles. The molecule has 0 bridgehead atoms. The van der Waals surface area contributed by atoms with Crippen molar-refractivity contribution in [1.29, 1.82) is 0 Å². The van der Waals surface area contributed by atoms with Crippen molar-refractivity contribution < 1.29 is 5.11 Å². The number of nitrogen functional groups attached to an aromatic ring is 1. The van der Waals surface area contributed by atoms with Gasteiger partial charge in [0.25, 0.3) is 0 Å². The first-order valence-corrected chi connectivity index (χ1v) is 8.77. The Labute approximate surface area is 144 Å². The molecule has 5 nitrogen and oxygen atoms in total. The minimum Gasteiger partial charge on any atom is -0.396 e. The molecule has 1 heterocycles. The molecule has 0 saturated heterocycles. The van der Waals surface area contributed by atoms with Gasteiger partial charge in [0.1, 0.15) is 5.82 Å². The molecule has 1 aliphatic rings. The molecule has 3 rings (SSSR count). The van der Waals surface area contributed by atoms with Crippen LogP contribution < -0.4 is 11.1 Å². The van der Waals surface area contributed by atoms with Crippen LogP contribution in [0.5, 0.6) is 0 Å². The molecule has 7 heteroatoms. The predicted octanol–water partition coefficient (Wildman–Crippen LogP) is 3.44. The standard InChI is InChI=1S/C16H19ClN4OS/c17-11-2-5-13(6-3-11)23-14-8-19-16(18)21-15(14)20-12-4-1-10(7-12)9-22/h2-3,5-6,8,10,12,22H,1,4,7,9H2,(H3,18,19,20,21)/t10-,12-/m0/s1. The molecule has 2 aromatic rings. The predicted molar refractivity (Wildman–Crippen MR) is 93.9 cm³/mol. The van der Waals surface area contributed by atoms with Crippen LogP contribution in [0.1, 0.15) is 19.3 Å². The van der Waals surface area contributed by atoms with Crippen LogP contribution in [0.25, 0.3) is 0 Å². The Morgan fingerprint density at radius 3 is 2.78 bits per heavy atom. The van der Waals surface area contributed by atoms with Gasteiger partial charge in [-0.3, -0.25) is 0 Å². The molecule has 0 amide bonds. The van der Waals surface area contributed by atoms with Crippen LogP contribution in [0.3, 0.4) is 0 Å². The van der Waals surface area contributed by atoms with Gasteiger partial charge in [0.05, 0.1) is 4.90 Å². The minimum absolute atomic E-state index is 0.247. The largest absolute Gasteiger partial charge is 0.396 e. The van der Waals surface area contributed by atoms with E-state index in [1.165, 1.54) is 0 Å². The summed E-state index contributed by atoms with van der Waals surface area (Å²) in [6.45, 7) is 0.247. The zero-order chi connectivity index (χ0) is 16.2. The molecule has 1 aromatic carbocycles. The summed E-state index contributed by atoms with van der Waals surface area (Å²) in [6, 6.07) is 7.95. The van der Waals surface area contributed by atoms with Crippen LogP contribution in [0.4, 0.5) is 11.8 Å². The number of rotatable bonds is 5. The molecule has 0 spiro atoms. The monoisotopic (exact) mass is 350 g/mol. The molecular weight excluding hydrogens is 332 g/mol. The maximum Gasteiger partial charge on any atom is 0.221 e. The second kappa shape index (κ2) is 7.38. The van der Waals surface area contributed by atoms with Gasteiger partial charge in [-0.2, -0.15) is 4.98 Å². The van der Waals surface area contributed by atoms with Crippen molar-refractivity contribution in [3.8, 4) is 0 Å². The first kappa shape index (κ1) is 16.4. The van der Waals surface area contributed by atoms with E-state index >= 15 is 0 Å². The number of aliphatic hydroxyl groups is 1. The number of hydrogen-bond donors (Lipinski definition) is 3. The van der Waals surface area contributed by atoms with Gasteiger partial charge in [0.2, 0.25) is 5.95 Å². The lowest BCUT2D eigenvalue weighted by Gasteiger charge is -2.16. The van der Waals surface area contributed by atoms with Crippen LogP contribution in [0.2, 0.25) is 5.02 Å². The lowest BCUT2D eigenvalue weighted by molar-refractivity contribution is 0.229. The number of benzene rings is 1. The second-order valence-corrected chi connectivity index (χ2v) is 7.25. The quantitative estimate of drug-likeness (QED) is 0.766. The number of anilines is 2. The summed E-state index contributed by atoms with van der Waals surface area (Å²) in [5, 5.41) is 13.4. The van der Waals surface area contributed by atoms with E-state index in [0.29, 0.717) is 17.0 Å². The summed E-state index contributed by atoms with van der Waals surface area (Å²) in [4.78, 5) is 10.4. The van der Waals surface area contributed by atoms with Crippen molar-refractivity contribution in [3.05, 3.63) is 35.5 Å². The average molecular weight is 351 g/mol.